The number of benzene rings is 1. The van der Waals surface area contributed by atoms with E-state index in [9.17, 15) is 0 Å². The highest BCUT2D eigenvalue weighted by molar-refractivity contribution is 5.56. The average Bonchev–Trinajstić information content (AvgIpc) is 2.77. The first-order valence-corrected chi connectivity index (χ1v) is 7.33. The van der Waals surface area contributed by atoms with Crippen LogP contribution in [0.15, 0.2) is 24.3 Å². The molecular weight excluding hydrogens is 234 g/mol. The molecule has 0 saturated heterocycles. The molecule has 0 radical (unpaired) electrons. The molecule has 0 fully saturated rings. The van der Waals surface area contributed by atoms with E-state index in [-0.39, 0.29) is 0 Å². The van der Waals surface area contributed by atoms with Gasteiger partial charge in [0.2, 0.25) is 0 Å². The molecule has 2 unspecified atom stereocenters. The highest BCUT2D eigenvalue weighted by atomic mass is 15.2. The lowest BCUT2D eigenvalue weighted by Crippen LogP contribution is -2.45. The number of para-hydroxylation sites is 1. The molecule has 0 amide bonds. The van der Waals surface area contributed by atoms with E-state index in [1.807, 2.05) is 0 Å². The second-order valence-electron chi connectivity index (χ2n) is 5.90. The summed E-state index contributed by atoms with van der Waals surface area (Å²) in [6.45, 7) is 7.94. The Kier molecular flexibility index (Phi) is 4.83. The molecule has 1 aromatic rings. The van der Waals surface area contributed by atoms with Gasteiger partial charge < -0.3 is 10.2 Å². The van der Waals surface area contributed by atoms with E-state index in [1.54, 1.807) is 0 Å². The van der Waals surface area contributed by atoms with Crippen molar-refractivity contribution in [1.29, 1.82) is 0 Å². The molecular formula is C16H27N3. The fraction of sp³-hybridized carbons (Fsp3) is 0.625. The summed E-state index contributed by atoms with van der Waals surface area (Å²) >= 11 is 0. The summed E-state index contributed by atoms with van der Waals surface area (Å²) in [5.41, 5.74) is 2.78. The zero-order chi connectivity index (χ0) is 13.8. The van der Waals surface area contributed by atoms with Crippen molar-refractivity contribution in [3.05, 3.63) is 29.8 Å². The Bertz CT molecular complexity index is 378. The summed E-state index contributed by atoms with van der Waals surface area (Å²) in [6, 6.07) is 9.83. The molecule has 2 rings (SSSR count). The van der Waals surface area contributed by atoms with Gasteiger partial charge in [-0.05, 0) is 45.6 Å². The van der Waals surface area contributed by atoms with Gasteiger partial charge in [-0.1, -0.05) is 25.1 Å². The minimum absolute atomic E-state index is 0.557. The normalized spacial score (nSPS) is 19.6. The van der Waals surface area contributed by atoms with Crippen LogP contribution in [0, 0.1) is 0 Å². The molecule has 0 aromatic heterocycles. The van der Waals surface area contributed by atoms with Gasteiger partial charge in [0.1, 0.15) is 0 Å². The molecule has 1 N–H and O–H groups in total. The van der Waals surface area contributed by atoms with Gasteiger partial charge in [-0.25, -0.2) is 0 Å². The van der Waals surface area contributed by atoms with Gasteiger partial charge in [0.25, 0.3) is 0 Å². The van der Waals surface area contributed by atoms with Crippen LogP contribution in [0.25, 0.3) is 0 Å². The molecule has 1 aliphatic rings. The van der Waals surface area contributed by atoms with Gasteiger partial charge in [0.05, 0.1) is 0 Å². The topological polar surface area (TPSA) is 18.5 Å². The lowest BCUT2D eigenvalue weighted by molar-refractivity contribution is 0.176. The van der Waals surface area contributed by atoms with Crippen LogP contribution in [0.4, 0.5) is 5.69 Å². The molecule has 3 heteroatoms. The van der Waals surface area contributed by atoms with E-state index in [2.05, 4.69) is 67.3 Å². The monoisotopic (exact) mass is 261 g/mol. The highest BCUT2D eigenvalue weighted by Gasteiger charge is 2.23. The van der Waals surface area contributed by atoms with E-state index in [4.69, 9.17) is 0 Å². The minimum atomic E-state index is 0.557. The number of nitrogens with one attached hydrogen (secondary N) is 1. The number of hydrogen-bond donors (Lipinski definition) is 1. The summed E-state index contributed by atoms with van der Waals surface area (Å²) in [7, 11) is 4.29. The Morgan fingerprint density at radius 1 is 1.32 bits per heavy atom. The fourth-order valence-corrected chi connectivity index (χ4v) is 3.03. The summed E-state index contributed by atoms with van der Waals surface area (Å²) in [4.78, 5) is 4.84. The minimum Gasteiger partial charge on any atom is -0.380 e. The standard InChI is InChI=1S/C16H27N3/c1-5-19(13(2)11-18(3)4)12-15-10-14-8-6-7-9-16(14)17-15/h6-9,13,15,17H,5,10-12H2,1-4H3. The van der Waals surface area contributed by atoms with Gasteiger partial charge in [-0.3, -0.25) is 4.90 Å². The lowest BCUT2D eigenvalue weighted by atomic mass is 10.1. The Morgan fingerprint density at radius 2 is 2.05 bits per heavy atom. The van der Waals surface area contributed by atoms with Gasteiger partial charge in [0.15, 0.2) is 0 Å². The Hall–Kier alpha value is -1.06. The molecule has 0 bridgehead atoms. The van der Waals surface area contributed by atoms with Gasteiger partial charge in [-0.2, -0.15) is 0 Å². The van der Waals surface area contributed by atoms with Crippen LogP contribution < -0.4 is 5.32 Å². The molecule has 1 heterocycles. The Labute approximate surface area is 117 Å². The first-order chi connectivity index (χ1) is 9.10. The Morgan fingerprint density at radius 3 is 2.68 bits per heavy atom. The third kappa shape index (κ3) is 3.71. The average molecular weight is 261 g/mol. The third-order valence-corrected chi connectivity index (χ3v) is 3.96. The van der Waals surface area contributed by atoms with Crippen LogP contribution in [-0.2, 0) is 6.42 Å². The number of anilines is 1. The van der Waals surface area contributed by atoms with Crippen LogP contribution in [-0.4, -0.2) is 55.6 Å². The molecule has 19 heavy (non-hydrogen) atoms. The maximum Gasteiger partial charge on any atom is 0.0429 e. The quantitative estimate of drug-likeness (QED) is 0.847. The van der Waals surface area contributed by atoms with Crippen LogP contribution in [0.1, 0.15) is 19.4 Å². The fourth-order valence-electron chi connectivity index (χ4n) is 3.03. The zero-order valence-corrected chi connectivity index (χ0v) is 12.7. The molecule has 2 atom stereocenters. The van der Waals surface area contributed by atoms with Crippen LogP contribution in [0.3, 0.4) is 0 Å². The van der Waals surface area contributed by atoms with Crippen molar-refractivity contribution in [3.8, 4) is 0 Å². The predicted octanol–water partition coefficient (Wildman–Crippen LogP) is 2.30. The van der Waals surface area contributed by atoms with E-state index in [0.29, 0.717) is 12.1 Å². The summed E-state index contributed by atoms with van der Waals surface area (Å²) in [5, 5.41) is 3.65. The summed E-state index contributed by atoms with van der Waals surface area (Å²) < 4.78 is 0. The van der Waals surface area contributed by atoms with E-state index in [0.717, 1.165) is 26.1 Å². The molecule has 1 aromatic carbocycles. The van der Waals surface area contributed by atoms with Crippen molar-refractivity contribution in [1.82, 2.24) is 9.80 Å². The number of hydrogen-bond acceptors (Lipinski definition) is 3. The Balaban J connectivity index is 1.91. The molecule has 106 valence electrons. The summed E-state index contributed by atoms with van der Waals surface area (Å²) in [6.07, 6.45) is 1.15. The maximum atomic E-state index is 3.65. The number of rotatable bonds is 6. The zero-order valence-electron chi connectivity index (χ0n) is 12.7. The summed E-state index contributed by atoms with van der Waals surface area (Å²) in [5.74, 6) is 0. The smallest absolute Gasteiger partial charge is 0.0429 e. The second kappa shape index (κ2) is 6.40. The molecule has 3 nitrogen and oxygen atoms in total. The second-order valence-corrected chi connectivity index (χ2v) is 5.90. The highest BCUT2D eigenvalue weighted by Crippen LogP contribution is 2.25. The van der Waals surface area contributed by atoms with Crippen molar-refractivity contribution in [2.24, 2.45) is 0 Å². The van der Waals surface area contributed by atoms with Crippen molar-refractivity contribution >= 4 is 5.69 Å². The van der Waals surface area contributed by atoms with E-state index in [1.165, 1.54) is 11.3 Å². The van der Waals surface area contributed by atoms with Crippen molar-refractivity contribution in [3.63, 3.8) is 0 Å². The third-order valence-electron chi connectivity index (χ3n) is 3.96. The van der Waals surface area contributed by atoms with Crippen LogP contribution >= 0.6 is 0 Å². The maximum absolute atomic E-state index is 3.65. The van der Waals surface area contributed by atoms with E-state index >= 15 is 0 Å². The first kappa shape index (κ1) is 14.4. The predicted molar refractivity (Wildman–Crippen MR) is 82.8 cm³/mol. The molecule has 0 saturated carbocycles. The lowest BCUT2D eigenvalue weighted by Gasteiger charge is -2.32. The molecule has 1 aliphatic heterocycles. The molecule has 0 spiro atoms. The van der Waals surface area contributed by atoms with Crippen LogP contribution in [0.2, 0.25) is 0 Å². The number of likely N-dealkylation sites (N-methyl/N-ethyl adjacent to an activating group) is 2. The largest absolute Gasteiger partial charge is 0.380 e. The van der Waals surface area contributed by atoms with E-state index < -0.39 is 0 Å². The molecule has 0 aliphatic carbocycles. The SMILES string of the molecule is CCN(CC1Cc2ccccc2N1)C(C)CN(C)C. The van der Waals surface area contributed by atoms with Gasteiger partial charge in [0, 0.05) is 30.9 Å². The van der Waals surface area contributed by atoms with Gasteiger partial charge in [-0.15, -0.1) is 0 Å². The number of fused-ring (bicyclic) bond motifs is 1. The van der Waals surface area contributed by atoms with Crippen molar-refractivity contribution in [2.75, 3.05) is 39.0 Å². The van der Waals surface area contributed by atoms with Crippen LogP contribution in [0.5, 0.6) is 0 Å². The first-order valence-electron chi connectivity index (χ1n) is 7.33. The van der Waals surface area contributed by atoms with Crippen molar-refractivity contribution in [2.45, 2.75) is 32.4 Å². The van der Waals surface area contributed by atoms with Crippen molar-refractivity contribution < 1.29 is 0 Å². The number of nitrogens with zero attached hydrogens (tertiary/aromatic N) is 2. The van der Waals surface area contributed by atoms with Gasteiger partial charge >= 0.3 is 0 Å².